The molecule has 0 amide bonds. The fraction of sp³-hybridized carbons (Fsp3) is 0.143. The topological polar surface area (TPSA) is 55.4 Å². The van der Waals surface area contributed by atoms with Gasteiger partial charge in [-0.2, -0.15) is 0 Å². The van der Waals surface area contributed by atoms with E-state index in [1.54, 1.807) is 38.5 Å². The monoisotopic (exact) mass is 470 g/mol. The highest BCUT2D eigenvalue weighted by molar-refractivity contribution is 6.21. The molecule has 0 aromatic heterocycles. The maximum atomic E-state index is 6.01. The first-order valence-electron chi connectivity index (χ1n) is 11.2. The van der Waals surface area contributed by atoms with Gasteiger partial charge in [-0.15, -0.1) is 0 Å². The van der Waals surface area contributed by atoms with Gasteiger partial charge in [0.1, 0.15) is 36.2 Å². The number of benzene rings is 4. The summed E-state index contributed by atoms with van der Waals surface area (Å²) in [6.45, 7) is 0.808. The number of hydrogen-bond donors (Lipinski definition) is 0. The van der Waals surface area contributed by atoms with Crippen LogP contribution in [0.15, 0.2) is 97.1 Å². The molecule has 0 saturated heterocycles. The van der Waals surface area contributed by atoms with E-state index in [4.69, 9.17) is 28.3 Å². The second-order valence-electron chi connectivity index (χ2n) is 7.58. The fourth-order valence-electron chi connectivity index (χ4n) is 3.32. The largest absolute Gasteiger partial charge is 0.576 e. The van der Waals surface area contributed by atoms with Gasteiger partial charge in [-0.3, -0.25) is 0 Å². The Morgan fingerprint density at radius 2 is 0.943 bits per heavy atom. The summed E-state index contributed by atoms with van der Waals surface area (Å²) in [6, 6.07) is 30.7. The molecule has 0 N–H and O–H groups in total. The van der Waals surface area contributed by atoms with Crippen LogP contribution in [0.1, 0.15) is 11.1 Å². The first kappa shape index (κ1) is 23.9. The van der Waals surface area contributed by atoms with Crippen LogP contribution in [0.3, 0.4) is 0 Å². The van der Waals surface area contributed by atoms with Crippen molar-refractivity contribution in [1.82, 2.24) is 0 Å². The lowest BCUT2D eigenvalue weighted by Gasteiger charge is -2.16. The molecule has 0 saturated carbocycles. The van der Waals surface area contributed by atoms with Crippen molar-refractivity contribution in [3.05, 3.63) is 108 Å². The van der Waals surface area contributed by atoms with Gasteiger partial charge in [0.15, 0.2) is 11.5 Å². The molecule has 4 aromatic rings. The molecule has 0 radical (unpaired) electrons. The predicted octanol–water partition coefficient (Wildman–Crippen LogP) is 5.59. The van der Waals surface area contributed by atoms with E-state index in [0.29, 0.717) is 47.7 Å². The van der Waals surface area contributed by atoms with E-state index >= 15 is 0 Å². The molecule has 0 fully saturated rings. The van der Waals surface area contributed by atoms with E-state index in [-0.39, 0.29) is 7.69 Å². The van der Waals surface area contributed by atoms with Crippen molar-refractivity contribution in [3.8, 4) is 34.5 Å². The van der Waals surface area contributed by atoms with Gasteiger partial charge in [0.25, 0.3) is 0 Å². The minimum absolute atomic E-state index is 0.0396. The van der Waals surface area contributed by atoms with Crippen LogP contribution in [0, 0.1) is 0 Å². The Bertz CT molecular complexity index is 1110. The molecule has 0 atom stereocenters. The van der Waals surface area contributed by atoms with Gasteiger partial charge in [-0.05, 0) is 35.4 Å². The normalized spacial score (nSPS) is 10.2. The Morgan fingerprint density at radius 1 is 0.514 bits per heavy atom. The van der Waals surface area contributed by atoms with Crippen LogP contribution in [0.25, 0.3) is 0 Å². The maximum absolute atomic E-state index is 6.01. The first-order chi connectivity index (χ1) is 17.2. The zero-order valence-electron chi connectivity index (χ0n) is 19.8. The Balaban J connectivity index is 1.42. The Morgan fingerprint density at radius 3 is 1.34 bits per heavy atom. The van der Waals surface area contributed by atoms with Gasteiger partial charge in [0.2, 0.25) is 0 Å². The zero-order chi connectivity index (χ0) is 24.3. The third-order valence-electron chi connectivity index (χ3n) is 5.20. The molecular weight excluding hydrogens is 443 g/mol. The van der Waals surface area contributed by atoms with Crippen LogP contribution in [0.2, 0.25) is 0 Å². The Kier molecular flexibility index (Phi) is 8.38. The lowest BCUT2D eigenvalue weighted by molar-refractivity contribution is 0.286. The second-order valence-corrected chi connectivity index (χ2v) is 7.58. The van der Waals surface area contributed by atoms with Crippen molar-refractivity contribution >= 4 is 7.69 Å². The van der Waals surface area contributed by atoms with Crippen LogP contribution in [-0.2, 0) is 13.2 Å². The number of hydrogen-bond acceptors (Lipinski definition) is 6. The summed E-state index contributed by atoms with van der Waals surface area (Å²) in [7, 11) is 3.18. The summed E-state index contributed by atoms with van der Waals surface area (Å²) in [5.74, 6) is 3.56. The fourth-order valence-corrected chi connectivity index (χ4v) is 3.32. The molecule has 35 heavy (non-hydrogen) atoms. The van der Waals surface area contributed by atoms with Crippen LogP contribution in [0.4, 0.5) is 0 Å². The standard InChI is InChI=1S/C28H27BO6/c1-30-23-13-15-25(27(17-23)32-19-21-9-5-3-6-10-21)34-29-35-26-16-14-24(31-2)18-28(26)33-20-22-11-7-4-8-12-22/h3-18,29H,19-20H2,1-2H3. The molecule has 4 aromatic carbocycles. The van der Waals surface area contributed by atoms with Crippen molar-refractivity contribution in [2.75, 3.05) is 14.2 Å². The van der Waals surface area contributed by atoms with Crippen molar-refractivity contribution in [1.29, 1.82) is 0 Å². The molecular formula is C28H27BO6. The summed E-state index contributed by atoms with van der Waals surface area (Å²) in [5.41, 5.74) is 2.10. The summed E-state index contributed by atoms with van der Waals surface area (Å²) in [4.78, 5) is 0. The molecule has 0 bridgehead atoms. The van der Waals surface area contributed by atoms with E-state index in [1.165, 1.54) is 0 Å². The third-order valence-corrected chi connectivity index (χ3v) is 5.20. The van der Waals surface area contributed by atoms with Crippen molar-refractivity contribution in [2.24, 2.45) is 0 Å². The van der Waals surface area contributed by atoms with Gasteiger partial charge in [0, 0.05) is 12.1 Å². The summed E-state index contributed by atoms with van der Waals surface area (Å²) in [5, 5.41) is 0. The Labute approximate surface area is 206 Å². The number of ether oxygens (including phenoxy) is 4. The molecule has 178 valence electrons. The predicted molar refractivity (Wildman–Crippen MR) is 136 cm³/mol. The molecule has 6 nitrogen and oxygen atoms in total. The molecule has 0 aliphatic carbocycles. The summed E-state index contributed by atoms with van der Waals surface area (Å²) >= 11 is 0. The van der Waals surface area contributed by atoms with Gasteiger partial charge in [-0.25, -0.2) is 0 Å². The summed E-state index contributed by atoms with van der Waals surface area (Å²) in [6.07, 6.45) is 0. The highest BCUT2D eigenvalue weighted by Gasteiger charge is 2.13. The molecule has 0 unspecified atom stereocenters. The van der Waals surface area contributed by atoms with E-state index in [2.05, 4.69) is 0 Å². The highest BCUT2D eigenvalue weighted by Crippen LogP contribution is 2.34. The quantitative estimate of drug-likeness (QED) is 0.252. The lowest BCUT2D eigenvalue weighted by atomic mass is 10.2. The maximum Gasteiger partial charge on any atom is 0.576 e. The number of methoxy groups -OCH3 is 2. The molecule has 7 heteroatoms. The van der Waals surface area contributed by atoms with Crippen molar-refractivity contribution in [2.45, 2.75) is 13.2 Å². The smallest absolute Gasteiger partial charge is 0.526 e. The molecule has 0 spiro atoms. The molecule has 4 rings (SSSR count). The average Bonchev–Trinajstić information content (AvgIpc) is 2.92. The van der Waals surface area contributed by atoms with E-state index in [9.17, 15) is 0 Å². The van der Waals surface area contributed by atoms with E-state index in [0.717, 1.165) is 11.1 Å². The number of rotatable bonds is 12. The van der Waals surface area contributed by atoms with Gasteiger partial charge in [0.05, 0.1) is 14.2 Å². The summed E-state index contributed by atoms with van der Waals surface area (Å²) < 4.78 is 34.5. The molecule has 0 aliphatic heterocycles. The van der Waals surface area contributed by atoms with Gasteiger partial charge < -0.3 is 28.3 Å². The second kappa shape index (κ2) is 12.3. The minimum atomic E-state index is -0.0396. The molecule has 0 heterocycles. The average molecular weight is 470 g/mol. The van der Waals surface area contributed by atoms with Crippen LogP contribution >= 0.6 is 0 Å². The van der Waals surface area contributed by atoms with Gasteiger partial charge in [-0.1, -0.05) is 60.7 Å². The highest BCUT2D eigenvalue weighted by atomic mass is 16.6. The van der Waals surface area contributed by atoms with Crippen LogP contribution in [-0.4, -0.2) is 21.9 Å². The van der Waals surface area contributed by atoms with Crippen LogP contribution < -0.4 is 28.3 Å². The lowest BCUT2D eigenvalue weighted by Crippen LogP contribution is -2.13. The first-order valence-corrected chi connectivity index (χ1v) is 11.2. The Hall–Kier alpha value is -4.26. The SMILES string of the molecule is COc1ccc(OBOc2ccc(OC)cc2OCc2ccccc2)c(OCc2ccccc2)c1. The molecule has 0 aliphatic rings. The van der Waals surface area contributed by atoms with Gasteiger partial charge >= 0.3 is 7.69 Å². The van der Waals surface area contributed by atoms with Crippen molar-refractivity contribution < 1.29 is 28.3 Å². The zero-order valence-corrected chi connectivity index (χ0v) is 19.8. The van der Waals surface area contributed by atoms with E-state index in [1.807, 2.05) is 72.8 Å². The third kappa shape index (κ3) is 6.87. The van der Waals surface area contributed by atoms with E-state index < -0.39 is 0 Å². The minimum Gasteiger partial charge on any atom is -0.526 e. The van der Waals surface area contributed by atoms with Crippen LogP contribution in [0.5, 0.6) is 34.5 Å². The van der Waals surface area contributed by atoms with Crippen molar-refractivity contribution in [3.63, 3.8) is 0 Å².